The fraction of sp³-hybridized carbons (Fsp3) is 0.192. The third kappa shape index (κ3) is 6.29. The second-order valence-electron chi connectivity index (χ2n) is 8.83. The summed E-state index contributed by atoms with van der Waals surface area (Å²) in [6.07, 6.45) is 0.520. The van der Waals surface area contributed by atoms with Gasteiger partial charge in [-0.1, -0.05) is 16.8 Å². The lowest BCUT2D eigenvalue weighted by atomic mass is 10.0. The average molecular weight is 631 g/mol. The monoisotopic (exact) mass is 630 g/mol. The Bertz CT molecular complexity index is 1850. The van der Waals surface area contributed by atoms with Crippen LogP contribution in [-0.2, 0) is 10.9 Å². The van der Waals surface area contributed by atoms with Crippen LogP contribution in [0, 0.1) is 16.8 Å². The van der Waals surface area contributed by atoms with Crippen molar-refractivity contribution in [2.24, 2.45) is 0 Å². The van der Waals surface area contributed by atoms with Gasteiger partial charge in [-0.2, -0.15) is 31.8 Å². The number of nitrogens with zero attached hydrogens (tertiary/aromatic N) is 6. The number of H-pyrrole nitrogens is 1. The lowest BCUT2D eigenvalue weighted by molar-refractivity contribution is -0.784. The van der Waals surface area contributed by atoms with E-state index in [2.05, 4.69) is 25.1 Å². The molecule has 0 amide bonds. The summed E-state index contributed by atoms with van der Waals surface area (Å²) in [6.45, 7) is -6.49. The molecule has 0 aliphatic heterocycles. The molecule has 0 aliphatic carbocycles. The van der Waals surface area contributed by atoms with E-state index in [0.717, 1.165) is 35.3 Å². The van der Waals surface area contributed by atoms with Crippen molar-refractivity contribution in [1.29, 1.82) is 0 Å². The minimum atomic E-state index is -4.85. The number of pyridine rings is 2. The topological polar surface area (TPSA) is 99.4 Å². The molecule has 224 valence electrons. The van der Waals surface area contributed by atoms with Gasteiger partial charge in [0.25, 0.3) is 11.7 Å². The van der Waals surface area contributed by atoms with Crippen LogP contribution in [-0.4, -0.2) is 38.2 Å². The van der Waals surface area contributed by atoms with E-state index in [1.165, 1.54) is 30.7 Å². The Morgan fingerprint density at radius 1 is 1.12 bits per heavy atom. The fourth-order valence-electron chi connectivity index (χ4n) is 4.26. The van der Waals surface area contributed by atoms with Crippen LogP contribution in [0.5, 0.6) is 0 Å². The lowest BCUT2D eigenvalue weighted by Crippen LogP contribution is -2.48. The molecule has 0 unspecified atom stereocenters. The average Bonchev–Trinajstić information content (AvgIpc) is 3.64. The van der Waals surface area contributed by atoms with Gasteiger partial charge in [-0.25, -0.2) is 13.5 Å². The lowest BCUT2D eigenvalue weighted by Gasteiger charge is -2.14. The Labute approximate surface area is 245 Å². The largest absolute Gasteiger partial charge is 0.618 e. The van der Waals surface area contributed by atoms with Crippen LogP contribution in [0.2, 0.25) is 5.02 Å². The molecule has 0 fully saturated rings. The van der Waals surface area contributed by atoms with E-state index in [1.807, 2.05) is 0 Å². The summed E-state index contributed by atoms with van der Waals surface area (Å²) in [5.74, 6) is -1.80. The maximum atomic E-state index is 15.4. The van der Waals surface area contributed by atoms with E-state index in [0.29, 0.717) is 10.9 Å². The molecule has 0 bridgehead atoms. The van der Waals surface area contributed by atoms with Crippen LogP contribution in [0.15, 0.2) is 67.5 Å². The first-order chi connectivity index (χ1) is 21.1. The Balaban J connectivity index is 1.60. The summed E-state index contributed by atoms with van der Waals surface area (Å²) in [5.41, 5.74) is -2.17. The summed E-state index contributed by atoms with van der Waals surface area (Å²) in [6, 6.07) is 4.50. The smallest absolute Gasteiger partial charge is 0.436 e. The number of aromatic nitrogens is 7. The highest BCUT2D eigenvalue weighted by Gasteiger charge is 2.35. The molecule has 0 radical (unpaired) electrons. The normalized spacial score (nSPS) is 13.7. The number of hydrogen-bond donors (Lipinski definition) is 1. The van der Waals surface area contributed by atoms with Crippen molar-refractivity contribution in [3.63, 3.8) is 0 Å². The maximum absolute atomic E-state index is 15.4. The number of aromatic amines is 1. The summed E-state index contributed by atoms with van der Waals surface area (Å²) in [4.78, 5) is 3.66. The zero-order valence-electron chi connectivity index (χ0n) is 23.2. The van der Waals surface area contributed by atoms with Crippen LogP contribution in [0.3, 0.4) is 0 Å². The number of nitrogens with one attached hydrogen (secondary N) is 1. The molecule has 9 nitrogen and oxygen atoms in total. The van der Waals surface area contributed by atoms with Crippen LogP contribution in [0.4, 0.5) is 30.7 Å². The van der Waals surface area contributed by atoms with Crippen LogP contribution in [0.25, 0.3) is 27.9 Å². The molecule has 0 spiro atoms. The van der Waals surface area contributed by atoms with E-state index in [1.54, 1.807) is 0 Å². The Kier molecular flexibility index (Phi) is 7.59. The molecule has 0 saturated carbocycles. The van der Waals surface area contributed by atoms with Crippen LogP contribution >= 0.6 is 11.6 Å². The number of benzene rings is 1. The molecular formula is C26H18ClF7N7O2+. The molecule has 4 heterocycles. The summed E-state index contributed by atoms with van der Waals surface area (Å²) >= 11 is 5.94. The highest BCUT2D eigenvalue weighted by Crippen LogP contribution is 2.35. The second kappa shape index (κ2) is 12.0. The standard InChI is InChI=1S/C26H17ClF7N7O2/c27-17-2-4-21(40-13-22(37-38-40)26(32,33)34)23(24(17)29)14-1-3-20(41(42)12-14)19(6-8-43-25(30)31)39-11-15(9-36-39)16-5-7-35-10-18(16)28/h1-5,7,9-13,19,25H,6,8H2/p+1/t19-/m1/s1/i8D2. The van der Waals surface area contributed by atoms with Crippen molar-refractivity contribution >= 4 is 11.6 Å². The van der Waals surface area contributed by atoms with Gasteiger partial charge in [0.1, 0.15) is 5.82 Å². The summed E-state index contributed by atoms with van der Waals surface area (Å²) in [5, 5.41) is 22.2. The second-order valence-corrected chi connectivity index (χ2v) is 9.24. The first-order valence-corrected chi connectivity index (χ1v) is 12.4. The first kappa shape index (κ1) is 27.3. The number of ether oxygens (including phenoxy) is 1. The van der Waals surface area contributed by atoms with Crippen molar-refractivity contribution < 1.29 is 47.6 Å². The molecule has 17 heteroatoms. The Morgan fingerprint density at radius 3 is 2.58 bits per heavy atom. The van der Waals surface area contributed by atoms with E-state index >= 15 is 4.39 Å². The van der Waals surface area contributed by atoms with Crippen molar-refractivity contribution in [2.75, 3.05) is 6.56 Å². The maximum Gasteiger partial charge on any atom is 0.436 e. The molecule has 1 N–H and O–H groups in total. The minimum absolute atomic E-state index is 0.0849. The molecule has 1 aromatic carbocycles. The van der Waals surface area contributed by atoms with Gasteiger partial charge in [-0.15, -0.1) is 9.78 Å². The highest BCUT2D eigenvalue weighted by atomic mass is 35.5. The predicted octanol–water partition coefficient (Wildman–Crippen LogP) is 5.41. The number of rotatable bonds is 9. The highest BCUT2D eigenvalue weighted by molar-refractivity contribution is 6.31. The number of hydrogen-bond acceptors (Lipinski definition) is 5. The van der Waals surface area contributed by atoms with Gasteiger partial charge in [0, 0.05) is 24.2 Å². The van der Waals surface area contributed by atoms with E-state index in [-0.39, 0.29) is 32.8 Å². The molecular weight excluding hydrogens is 611 g/mol. The van der Waals surface area contributed by atoms with Crippen molar-refractivity contribution in [3.05, 3.63) is 101 Å². The third-order valence-electron chi connectivity index (χ3n) is 6.19. The van der Waals surface area contributed by atoms with Crippen molar-refractivity contribution in [3.8, 4) is 27.9 Å². The molecule has 5 aromatic rings. The van der Waals surface area contributed by atoms with Gasteiger partial charge in [0.2, 0.25) is 6.20 Å². The van der Waals surface area contributed by atoms with Gasteiger partial charge in [-0.3, -0.25) is 4.98 Å². The quantitative estimate of drug-likeness (QED) is 0.133. The Morgan fingerprint density at radius 2 is 1.91 bits per heavy atom. The number of halogens is 8. The predicted molar refractivity (Wildman–Crippen MR) is 135 cm³/mol. The van der Waals surface area contributed by atoms with E-state index < -0.39 is 59.7 Å². The van der Waals surface area contributed by atoms with Crippen LogP contribution < -0.4 is 9.41 Å². The minimum Gasteiger partial charge on any atom is -0.618 e. The van der Waals surface area contributed by atoms with E-state index in [4.69, 9.17) is 14.3 Å². The SMILES string of the molecule is [2H]C([2H])(C[C@H](c1ccc(-c2c(-n3cc(C(F)(F)F)nn3)ccc(Cl)c2F)c[n+]1[O-])[n+]1cc(-c2ccncc2F)c[nH]1)OC(F)F. The molecule has 0 aliphatic rings. The van der Waals surface area contributed by atoms with Gasteiger partial charge in [-0.05, 0) is 24.3 Å². The fourth-order valence-corrected chi connectivity index (χ4v) is 4.41. The van der Waals surface area contributed by atoms with Gasteiger partial charge in [0.15, 0.2) is 17.7 Å². The van der Waals surface area contributed by atoms with Gasteiger partial charge in [0.05, 0.1) is 55.3 Å². The van der Waals surface area contributed by atoms with Crippen LogP contribution in [0.1, 0.15) is 26.6 Å². The molecule has 0 saturated heterocycles. The number of alkyl halides is 5. The Hall–Kier alpha value is -4.57. The van der Waals surface area contributed by atoms with Gasteiger partial charge >= 0.3 is 12.8 Å². The van der Waals surface area contributed by atoms with Gasteiger partial charge < -0.3 is 9.94 Å². The first-order valence-electron chi connectivity index (χ1n) is 13.0. The van der Waals surface area contributed by atoms with E-state index in [9.17, 15) is 31.5 Å². The van der Waals surface area contributed by atoms with Crippen molar-refractivity contribution in [2.45, 2.75) is 25.3 Å². The summed E-state index contributed by atoms with van der Waals surface area (Å²) < 4.78 is 117. The molecule has 5 rings (SSSR count). The summed E-state index contributed by atoms with van der Waals surface area (Å²) in [7, 11) is 0. The van der Waals surface area contributed by atoms with Crippen molar-refractivity contribution in [1.82, 2.24) is 25.1 Å². The molecule has 4 aromatic heterocycles. The third-order valence-corrected chi connectivity index (χ3v) is 6.49. The zero-order chi connectivity index (χ0) is 32.7. The molecule has 1 atom stereocenters. The zero-order valence-corrected chi connectivity index (χ0v) is 22.0. The molecule has 43 heavy (non-hydrogen) atoms.